The fourth-order valence-electron chi connectivity index (χ4n) is 2.07. The third-order valence-corrected chi connectivity index (χ3v) is 3.64. The third-order valence-electron chi connectivity index (χ3n) is 3.28. The normalized spacial score (nSPS) is 14.6. The van der Waals surface area contributed by atoms with E-state index in [1.807, 2.05) is 11.9 Å². The van der Waals surface area contributed by atoms with Crippen LogP contribution in [0.2, 0.25) is 5.02 Å². The van der Waals surface area contributed by atoms with E-state index in [1.165, 1.54) is 12.1 Å². The predicted octanol–water partition coefficient (Wildman–Crippen LogP) is 2.13. The molecule has 0 radical (unpaired) electrons. The Morgan fingerprint density at radius 1 is 1.52 bits per heavy atom. The molecule has 0 unspecified atom stereocenters. The highest BCUT2D eigenvalue weighted by atomic mass is 35.5. The molecule has 8 heteroatoms. The lowest BCUT2D eigenvalue weighted by Gasteiger charge is -2.20. The molecule has 1 amide bonds. The Kier molecular flexibility index (Phi) is 4.98. The first kappa shape index (κ1) is 15.5. The van der Waals surface area contributed by atoms with Crippen molar-refractivity contribution in [1.82, 2.24) is 9.80 Å². The van der Waals surface area contributed by atoms with Crippen LogP contribution in [0.1, 0.15) is 5.56 Å². The van der Waals surface area contributed by atoms with Crippen LogP contribution in [-0.4, -0.2) is 54.1 Å². The molecule has 0 bridgehead atoms. The summed E-state index contributed by atoms with van der Waals surface area (Å²) in [5, 5.41) is 11.0. The summed E-state index contributed by atoms with van der Waals surface area (Å²) in [4.78, 5) is 25.1. The van der Waals surface area contributed by atoms with Crippen molar-refractivity contribution in [2.24, 2.45) is 0 Å². The molecule has 0 N–H and O–H groups in total. The van der Waals surface area contributed by atoms with E-state index in [1.54, 1.807) is 11.0 Å². The van der Waals surface area contributed by atoms with Crippen LogP contribution in [0.5, 0.6) is 0 Å². The number of cyclic esters (lactones) is 1. The maximum atomic E-state index is 11.3. The molecule has 7 nitrogen and oxygen atoms in total. The number of hydrogen-bond donors (Lipinski definition) is 0. The van der Waals surface area contributed by atoms with Gasteiger partial charge in [0.15, 0.2) is 0 Å². The van der Waals surface area contributed by atoms with Gasteiger partial charge in [0, 0.05) is 31.8 Å². The Labute approximate surface area is 127 Å². The minimum absolute atomic E-state index is 0.0220. The SMILES string of the molecule is CN(CCN1CCOC1=O)Cc1ccc([N+](=O)[O-])cc1Cl. The molecule has 0 saturated carbocycles. The van der Waals surface area contributed by atoms with Crippen LogP contribution >= 0.6 is 11.6 Å². The van der Waals surface area contributed by atoms with E-state index in [0.29, 0.717) is 37.8 Å². The van der Waals surface area contributed by atoms with Gasteiger partial charge in [-0.2, -0.15) is 0 Å². The summed E-state index contributed by atoms with van der Waals surface area (Å²) >= 11 is 6.05. The van der Waals surface area contributed by atoms with Crippen LogP contribution in [0.25, 0.3) is 0 Å². The molecule has 1 aromatic carbocycles. The van der Waals surface area contributed by atoms with Gasteiger partial charge in [-0.15, -0.1) is 0 Å². The molecule has 0 aromatic heterocycles. The predicted molar refractivity (Wildman–Crippen MR) is 77.4 cm³/mol. The van der Waals surface area contributed by atoms with Crippen LogP contribution in [0.15, 0.2) is 18.2 Å². The molecule has 1 saturated heterocycles. The van der Waals surface area contributed by atoms with E-state index in [0.717, 1.165) is 5.56 Å². The molecule has 1 aromatic rings. The van der Waals surface area contributed by atoms with Gasteiger partial charge in [0.25, 0.3) is 5.69 Å². The molecule has 2 rings (SSSR count). The molecule has 0 atom stereocenters. The minimum atomic E-state index is -0.474. The number of carbonyl (C=O) groups is 1. The lowest BCUT2D eigenvalue weighted by Crippen LogP contribution is -2.33. The van der Waals surface area contributed by atoms with E-state index in [4.69, 9.17) is 16.3 Å². The van der Waals surface area contributed by atoms with Gasteiger partial charge in [-0.25, -0.2) is 4.79 Å². The monoisotopic (exact) mass is 313 g/mol. The summed E-state index contributed by atoms with van der Waals surface area (Å²) in [6.07, 6.45) is -0.281. The summed E-state index contributed by atoms with van der Waals surface area (Å²) in [6, 6.07) is 4.44. The van der Waals surface area contributed by atoms with Gasteiger partial charge in [-0.3, -0.25) is 10.1 Å². The molecule has 21 heavy (non-hydrogen) atoms. The number of non-ortho nitro benzene ring substituents is 1. The quantitative estimate of drug-likeness (QED) is 0.594. The number of benzene rings is 1. The first-order valence-electron chi connectivity index (χ1n) is 6.50. The van der Waals surface area contributed by atoms with Gasteiger partial charge < -0.3 is 14.5 Å². The highest BCUT2D eigenvalue weighted by Gasteiger charge is 2.21. The molecule has 114 valence electrons. The number of likely N-dealkylation sites (N-methyl/N-ethyl adjacent to an activating group) is 1. The second-order valence-corrected chi connectivity index (χ2v) is 5.28. The fraction of sp³-hybridized carbons (Fsp3) is 0.462. The number of hydrogen-bond acceptors (Lipinski definition) is 5. The summed E-state index contributed by atoms with van der Waals surface area (Å²) in [6.45, 7) is 2.86. The average Bonchev–Trinajstić information content (AvgIpc) is 2.84. The number of nitrogens with zero attached hydrogens (tertiary/aromatic N) is 3. The van der Waals surface area contributed by atoms with Crippen molar-refractivity contribution in [2.45, 2.75) is 6.54 Å². The molecule has 1 heterocycles. The van der Waals surface area contributed by atoms with Crippen LogP contribution in [-0.2, 0) is 11.3 Å². The molecule has 1 aliphatic heterocycles. The third kappa shape index (κ3) is 4.05. The van der Waals surface area contributed by atoms with Crippen molar-refractivity contribution >= 4 is 23.4 Å². The second-order valence-electron chi connectivity index (χ2n) is 4.87. The summed E-state index contributed by atoms with van der Waals surface area (Å²) in [5.41, 5.74) is 0.792. The van der Waals surface area contributed by atoms with Gasteiger partial charge >= 0.3 is 6.09 Å². The van der Waals surface area contributed by atoms with E-state index >= 15 is 0 Å². The van der Waals surface area contributed by atoms with Gasteiger partial charge in [0.05, 0.1) is 16.5 Å². The summed E-state index contributed by atoms with van der Waals surface area (Å²) in [5.74, 6) is 0. The van der Waals surface area contributed by atoms with Crippen molar-refractivity contribution in [3.8, 4) is 0 Å². The Bertz CT molecular complexity index is 552. The highest BCUT2D eigenvalue weighted by Crippen LogP contribution is 2.23. The maximum absolute atomic E-state index is 11.3. The average molecular weight is 314 g/mol. The van der Waals surface area contributed by atoms with Gasteiger partial charge in [-0.1, -0.05) is 11.6 Å². The first-order valence-corrected chi connectivity index (χ1v) is 6.88. The standard InChI is InChI=1S/C13H16ClN3O4/c1-15(4-5-16-6-7-21-13(16)18)9-10-2-3-11(17(19)20)8-12(10)14/h2-3,8H,4-7,9H2,1H3. The Balaban J connectivity index is 1.88. The van der Waals surface area contributed by atoms with Gasteiger partial charge in [0.2, 0.25) is 0 Å². The van der Waals surface area contributed by atoms with E-state index in [9.17, 15) is 14.9 Å². The Hall–Kier alpha value is -1.86. The largest absolute Gasteiger partial charge is 0.448 e. The fourth-order valence-corrected chi connectivity index (χ4v) is 2.30. The van der Waals surface area contributed by atoms with Crippen molar-refractivity contribution in [3.05, 3.63) is 38.9 Å². The number of rotatable bonds is 6. The number of ether oxygens (including phenoxy) is 1. The minimum Gasteiger partial charge on any atom is -0.448 e. The zero-order chi connectivity index (χ0) is 15.4. The summed E-state index contributed by atoms with van der Waals surface area (Å²) in [7, 11) is 1.90. The van der Waals surface area contributed by atoms with Gasteiger partial charge in [0.1, 0.15) is 6.61 Å². The van der Waals surface area contributed by atoms with Crippen molar-refractivity contribution in [2.75, 3.05) is 33.3 Å². The van der Waals surface area contributed by atoms with E-state index < -0.39 is 4.92 Å². The lowest BCUT2D eigenvalue weighted by atomic mass is 10.2. The Morgan fingerprint density at radius 3 is 2.86 bits per heavy atom. The van der Waals surface area contributed by atoms with Crippen molar-refractivity contribution in [3.63, 3.8) is 0 Å². The number of halogens is 1. The van der Waals surface area contributed by atoms with E-state index in [2.05, 4.69) is 0 Å². The van der Waals surface area contributed by atoms with Crippen LogP contribution < -0.4 is 0 Å². The lowest BCUT2D eigenvalue weighted by molar-refractivity contribution is -0.384. The molecule has 0 aliphatic carbocycles. The summed E-state index contributed by atoms with van der Waals surface area (Å²) < 4.78 is 4.85. The van der Waals surface area contributed by atoms with Crippen molar-refractivity contribution in [1.29, 1.82) is 0 Å². The zero-order valence-electron chi connectivity index (χ0n) is 11.6. The van der Waals surface area contributed by atoms with Crippen LogP contribution in [0, 0.1) is 10.1 Å². The highest BCUT2D eigenvalue weighted by molar-refractivity contribution is 6.31. The molecule has 1 aliphatic rings. The number of nitro groups is 1. The van der Waals surface area contributed by atoms with Gasteiger partial charge in [-0.05, 0) is 18.7 Å². The number of amides is 1. The second kappa shape index (κ2) is 6.73. The van der Waals surface area contributed by atoms with Crippen molar-refractivity contribution < 1.29 is 14.5 Å². The molecular formula is C13H16ClN3O4. The van der Waals surface area contributed by atoms with Crippen LogP contribution in [0.3, 0.4) is 0 Å². The first-order chi connectivity index (χ1) is 9.97. The molecule has 1 fully saturated rings. The molecule has 0 spiro atoms. The van der Waals surface area contributed by atoms with Crippen LogP contribution in [0.4, 0.5) is 10.5 Å². The number of carbonyl (C=O) groups excluding carboxylic acids is 1. The molecular weight excluding hydrogens is 298 g/mol. The Morgan fingerprint density at radius 2 is 2.29 bits per heavy atom. The topological polar surface area (TPSA) is 75.9 Å². The van der Waals surface area contributed by atoms with E-state index in [-0.39, 0.29) is 11.8 Å². The maximum Gasteiger partial charge on any atom is 0.409 e. The smallest absolute Gasteiger partial charge is 0.409 e. The number of nitro benzene ring substituents is 1. The zero-order valence-corrected chi connectivity index (χ0v) is 12.4.